The Labute approximate surface area is 129 Å². The van der Waals surface area contributed by atoms with Crippen LogP contribution in [0.5, 0.6) is 0 Å². The van der Waals surface area contributed by atoms with Crippen molar-refractivity contribution in [3.8, 4) is 0 Å². The van der Waals surface area contributed by atoms with Gasteiger partial charge in [0.2, 0.25) is 5.91 Å². The molecule has 0 fully saturated rings. The van der Waals surface area contributed by atoms with Gasteiger partial charge in [0.1, 0.15) is 5.82 Å². The number of benzene rings is 1. The van der Waals surface area contributed by atoms with E-state index in [1.807, 2.05) is 11.4 Å². The van der Waals surface area contributed by atoms with Crippen molar-refractivity contribution in [1.82, 2.24) is 0 Å². The topological polar surface area (TPSA) is 29.1 Å². The number of carbonyl (C=O) groups is 1. The van der Waals surface area contributed by atoms with Crippen LogP contribution in [0.2, 0.25) is 0 Å². The lowest BCUT2D eigenvalue weighted by Gasteiger charge is -2.21. The summed E-state index contributed by atoms with van der Waals surface area (Å²) in [6, 6.07) is 6.56. The summed E-state index contributed by atoms with van der Waals surface area (Å²) in [6.07, 6.45) is 2.98. The monoisotopic (exact) mass is 353 g/mol. The maximum Gasteiger partial charge on any atom is 0.231 e. The highest BCUT2D eigenvalue weighted by molar-refractivity contribution is 9.10. The molecule has 0 bridgehead atoms. The van der Waals surface area contributed by atoms with E-state index in [1.165, 1.54) is 10.9 Å². The van der Waals surface area contributed by atoms with E-state index < -0.39 is 0 Å². The van der Waals surface area contributed by atoms with E-state index >= 15 is 0 Å². The molecule has 2 aromatic rings. The Hall–Kier alpha value is -1.20. The van der Waals surface area contributed by atoms with Crippen LogP contribution in [0.4, 0.5) is 10.1 Å². The Morgan fingerprint density at radius 3 is 3.05 bits per heavy atom. The molecule has 1 aromatic heterocycles. The van der Waals surface area contributed by atoms with Gasteiger partial charge < -0.3 is 5.32 Å². The van der Waals surface area contributed by atoms with Crippen LogP contribution < -0.4 is 5.32 Å². The molecule has 0 aliphatic heterocycles. The Bertz CT molecular complexity index is 655. The van der Waals surface area contributed by atoms with Crippen LogP contribution in [0, 0.1) is 5.82 Å². The zero-order valence-corrected chi connectivity index (χ0v) is 13.1. The second-order valence-electron chi connectivity index (χ2n) is 4.86. The lowest BCUT2D eigenvalue weighted by Crippen LogP contribution is -2.23. The minimum absolute atomic E-state index is 0.0112. The van der Waals surface area contributed by atoms with Gasteiger partial charge >= 0.3 is 0 Å². The molecule has 1 aliphatic carbocycles. The Balaban J connectivity index is 1.79. The molecule has 2 nitrogen and oxygen atoms in total. The Kier molecular flexibility index (Phi) is 3.89. The minimum Gasteiger partial charge on any atom is -0.326 e. The molecule has 0 saturated heterocycles. The van der Waals surface area contributed by atoms with Gasteiger partial charge in [-0.15, -0.1) is 11.3 Å². The highest BCUT2D eigenvalue weighted by atomic mass is 79.9. The molecule has 3 rings (SSSR count). The second-order valence-corrected chi connectivity index (χ2v) is 6.72. The van der Waals surface area contributed by atoms with Crippen molar-refractivity contribution < 1.29 is 9.18 Å². The molecular formula is C15H13BrFNOS. The molecule has 1 heterocycles. The fourth-order valence-electron chi connectivity index (χ4n) is 2.56. The van der Waals surface area contributed by atoms with Crippen LogP contribution in [0.1, 0.15) is 29.2 Å². The number of hydrogen-bond acceptors (Lipinski definition) is 2. The number of hydrogen-bond donors (Lipinski definition) is 1. The van der Waals surface area contributed by atoms with Gasteiger partial charge in [-0.2, -0.15) is 0 Å². The lowest BCUT2D eigenvalue weighted by molar-refractivity contribution is -0.117. The van der Waals surface area contributed by atoms with E-state index in [0.29, 0.717) is 10.2 Å². The molecule has 1 aromatic carbocycles. The average molecular weight is 354 g/mol. The van der Waals surface area contributed by atoms with E-state index in [4.69, 9.17) is 0 Å². The second kappa shape index (κ2) is 5.66. The number of aryl methyl sites for hydroxylation is 1. The normalized spacial score (nSPS) is 17.6. The van der Waals surface area contributed by atoms with Gasteiger partial charge in [0.25, 0.3) is 0 Å². The summed E-state index contributed by atoms with van der Waals surface area (Å²) >= 11 is 4.85. The number of rotatable bonds is 2. The SMILES string of the molecule is O=C(Nc1ccc(F)c(Br)c1)C1CCCc2sccc21. The maximum atomic E-state index is 13.2. The number of anilines is 1. The van der Waals surface area contributed by atoms with Crippen molar-refractivity contribution in [2.45, 2.75) is 25.2 Å². The van der Waals surface area contributed by atoms with Gasteiger partial charge in [0.15, 0.2) is 0 Å². The van der Waals surface area contributed by atoms with Crippen LogP contribution in [0.3, 0.4) is 0 Å². The largest absolute Gasteiger partial charge is 0.326 e. The highest BCUT2D eigenvalue weighted by Crippen LogP contribution is 2.35. The molecule has 20 heavy (non-hydrogen) atoms. The molecule has 0 radical (unpaired) electrons. The molecule has 1 N–H and O–H groups in total. The number of halogens is 2. The van der Waals surface area contributed by atoms with Crippen LogP contribution in [-0.2, 0) is 11.2 Å². The minimum atomic E-state index is -0.333. The fourth-order valence-corrected chi connectivity index (χ4v) is 3.93. The Morgan fingerprint density at radius 2 is 2.25 bits per heavy atom. The predicted molar refractivity (Wildman–Crippen MR) is 82.7 cm³/mol. The Morgan fingerprint density at radius 1 is 1.40 bits per heavy atom. The quantitative estimate of drug-likeness (QED) is 0.832. The van der Waals surface area contributed by atoms with Crippen LogP contribution in [0.15, 0.2) is 34.1 Å². The lowest BCUT2D eigenvalue weighted by atomic mass is 9.87. The first-order valence-electron chi connectivity index (χ1n) is 6.47. The third kappa shape index (κ3) is 2.65. The molecule has 5 heteroatoms. The first-order chi connectivity index (χ1) is 9.65. The van der Waals surface area contributed by atoms with Crippen molar-refractivity contribution in [3.63, 3.8) is 0 Å². The van der Waals surface area contributed by atoms with E-state index in [2.05, 4.69) is 21.2 Å². The summed E-state index contributed by atoms with van der Waals surface area (Å²) in [4.78, 5) is 13.7. The standard InChI is InChI=1S/C15H13BrFNOS/c16-12-8-9(4-5-13(12)17)18-15(19)11-2-1-3-14-10(11)6-7-20-14/h4-8,11H,1-3H2,(H,18,19). The average Bonchev–Trinajstić information content (AvgIpc) is 2.91. The van der Waals surface area contributed by atoms with Gasteiger partial charge in [-0.25, -0.2) is 4.39 Å². The summed E-state index contributed by atoms with van der Waals surface area (Å²) in [5, 5.41) is 4.93. The molecular weight excluding hydrogens is 341 g/mol. The van der Waals surface area contributed by atoms with Gasteiger partial charge in [-0.05, 0) is 70.4 Å². The number of fused-ring (bicyclic) bond motifs is 1. The molecule has 1 aliphatic rings. The van der Waals surface area contributed by atoms with E-state index in [0.717, 1.165) is 24.8 Å². The van der Waals surface area contributed by atoms with Gasteiger partial charge in [0, 0.05) is 10.6 Å². The molecule has 104 valence electrons. The predicted octanol–water partition coefficient (Wildman–Crippen LogP) is 4.71. The van der Waals surface area contributed by atoms with Crippen LogP contribution in [-0.4, -0.2) is 5.91 Å². The molecule has 1 unspecified atom stereocenters. The number of carbonyl (C=O) groups excluding carboxylic acids is 1. The van der Waals surface area contributed by atoms with Gasteiger partial charge in [-0.3, -0.25) is 4.79 Å². The molecule has 0 saturated carbocycles. The van der Waals surface area contributed by atoms with E-state index in [-0.39, 0.29) is 17.6 Å². The van der Waals surface area contributed by atoms with Crippen molar-refractivity contribution in [3.05, 3.63) is 50.4 Å². The van der Waals surface area contributed by atoms with Crippen LogP contribution >= 0.6 is 27.3 Å². The summed E-state index contributed by atoms with van der Waals surface area (Å²) < 4.78 is 13.5. The van der Waals surface area contributed by atoms with E-state index in [9.17, 15) is 9.18 Å². The number of nitrogens with one attached hydrogen (secondary N) is 1. The van der Waals surface area contributed by atoms with Gasteiger partial charge in [0.05, 0.1) is 10.4 Å². The third-order valence-corrected chi connectivity index (χ3v) is 5.16. The van der Waals surface area contributed by atoms with Crippen molar-refractivity contribution >= 4 is 38.9 Å². The number of amides is 1. The molecule has 1 atom stereocenters. The first kappa shape index (κ1) is 13.8. The maximum absolute atomic E-state index is 13.2. The van der Waals surface area contributed by atoms with Crippen LogP contribution in [0.25, 0.3) is 0 Å². The molecule has 0 spiro atoms. The zero-order chi connectivity index (χ0) is 14.1. The summed E-state index contributed by atoms with van der Waals surface area (Å²) in [5.74, 6) is -0.433. The summed E-state index contributed by atoms with van der Waals surface area (Å²) in [5.41, 5.74) is 1.77. The number of thiophene rings is 1. The van der Waals surface area contributed by atoms with Gasteiger partial charge in [-0.1, -0.05) is 0 Å². The van der Waals surface area contributed by atoms with Crippen molar-refractivity contribution in [2.75, 3.05) is 5.32 Å². The summed E-state index contributed by atoms with van der Waals surface area (Å²) in [6.45, 7) is 0. The first-order valence-corrected chi connectivity index (χ1v) is 8.14. The highest BCUT2D eigenvalue weighted by Gasteiger charge is 2.27. The smallest absolute Gasteiger partial charge is 0.231 e. The van der Waals surface area contributed by atoms with Crippen molar-refractivity contribution in [2.24, 2.45) is 0 Å². The van der Waals surface area contributed by atoms with Crippen molar-refractivity contribution in [1.29, 1.82) is 0 Å². The van der Waals surface area contributed by atoms with E-state index in [1.54, 1.807) is 23.5 Å². The summed E-state index contributed by atoms with van der Waals surface area (Å²) in [7, 11) is 0. The zero-order valence-electron chi connectivity index (χ0n) is 10.7. The molecule has 1 amide bonds. The fraction of sp³-hybridized carbons (Fsp3) is 0.267. The third-order valence-electron chi connectivity index (χ3n) is 3.56.